The van der Waals surface area contributed by atoms with Crippen molar-refractivity contribution in [2.45, 2.75) is 51.2 Å². The summed E-state index contributed by atoms with van der Waals surface area (Å²) in [6.45, 7) is 9.55. The molecule has 0 bridgehead atoms. The molecular formula is C16H30N2O4. The molecule has 0 spiro atoms. The monoisotopic (exact) mass is 314 g/mol. The average molecular weight is 314 g/mol. The molecule has 2 N–H and O–H groups in total. The highest BCUT2D eigenvalue weighted by Gasteiger charge is 2.32. The van der Waals surface area contributed by atoms with Gasteiger partial charge in [0.15, 0.2) is 0 Å². The number of piperidine rings is 1. The average Bonchev–Trinajstić information content (AvgIpc) is 2.84. The molecule has 2 saturated heterocycles. The fourth-order valence-electron chi connectivity index (χ4n) is 2.97. The third-order valence-electron chi connectivity index (χ3n) is 4.14. The van der Waals surface area contributed by atoms with Crippen molar-refractivity contribution in [3.05, 3.63) is 0 Å². The second-order valence-corrected chi connectivity index (χ2v) is 7.59. The first-order valence-electron chi connectivity index (χ1n) is 8.26. The summed E-state index contributed by atoms with van der Waals surface area (Å²) in [5, 5.41) is 13.6. The van der Waals surface area contributed by atoms with E-state index in [-0.39, 0.29) is 6.09 Å². The lowest BCUT2D eigenvalue weighted by molar-refractivity contribution is 0.0138. The molecule has 2 heterocycles. The van der Waals surface area contributed by atoms with E-state index >= 15 is 0 Å². The minimum atomic E-state index is -0.723. The molecule has 2 aliphatic heterocycles. The summed E-state index contributed by atoms with van der Waals surface area (Å²) in [5.74, 6) is 0.409. The van der Waals surface area contributed by atoms with E-state index in [1.54, 1.807) is 4.90 Å². The van der Waals surface area contributed by atoms with Crippen molar-refractivity contribution in [3.63, 3.8) is 0 Å². The van der Waals surface area contributed by atoms with E-state index in [2.05, 4.69) is 5.32 Å². The number of nitrogens with one attached hydrogen (secondary N) is 1. The van der Waals surface area contributed by atoms with Crippen molar-refractivity contribution in [2.75, 3.05) is 39.4 Å². The van der Waals surface area contributed by atoms with E-state index in [4.69, 9.17) is 9.47 Å². The van der Waals surface area contributed by atoms with E-state index in [0.29, 0.717) is 32.1 Å². The number of rotatable bonds is 4. The van der Waals surface area contributed by atoms with E-state index in [1.807, 2.05) is 20.8 Å². The van der Waals surface area contributed by atoms with E-state index in [1.165, 1.54) is 0 Å². The number of hydrogen-bond donors (Lipinski definition) is 2. The highest BCUT2D eigenvalue weighted by molar-refractivity contribution is 5.68. The van der Waals surface area contributed by atoms with Gasteiger partial charge in [-0.3, -0.25) is 0 Å². The Morgan fingerprint density at radius 2 is 2.27 bits per heavy atom. The van der Waals surface area contributed by atoms with Gasteiger partial charge < -0.3 is 24.8 Å². The number of amides is 1. The van der Waals surface area contributed by atoms with Crippen LogP contribution in [-0.4, -0.2) is 66.7 Å². The largest absolute Gasteiger partial charge is 0.444 e. The van der Waals surface area contributed by atoms with Crippen molar-refractivity contribution < 1.29 is 19.4 Å². The van der Waals surface area contributed by atoms with Gasteiger partial charge >= 0.3 is 6.09 Å². The fourth-order valence-corrected chi connectivity index (χ4v) is 2.97. The zero-order valence-corrected chi connectivity index (χ0v) is 14.1. The number of aliphatic hydroxyl groups is 1. The lowest BCUT2D eigenvalue weighted by Crippen LogP contribution is -2.47. The Kier molecular flexibility index (Phi) is 5.69. The first kappa shape index (κ1) is 17.5. The van der Waals surface area contributed by atoms with Crippen molar-refractivity contribution >= 4 is 6.09 Å². The highest BCUT2D eigenvalue weighted by Crippen LogP contribution is 2.20. The third kappa shape index (κ3) is 5.41. The minimum Gasteiger partial charge on any atom is -0.444 e. The quantitative estimate of drug-likeness (QED) is 0.820. The van der Waals surface area contributed by atoms with Gasteiger partial charge in [0.2, 0.25) is 0 Å². The van der Waals surface area contributed by atoms with Gasteiger partial charge in [-0.05, 0) is 46.1 Å². The molecule has 1 amide bonds. The Bertz CT molecular complexity index is 375. The Morgan fingerprint density at radius 3 is 2.91 bits per heavy atom. The molecular weight excluding hydrogens is 284 g/mol. The van der Waals surface area contributed by atoms with Gasteiger partial charge in [0.25, 0.3) is 0 Å². The Balaban J connectivity index is 1.72. The van der Waals surface area contributed by atoms with Crippen LogP contribution in [0.2, 0.25) is 0 Å². The number of carbonyl (C=O) groups is 1. The summed E-state index contributed by atoms with van der Waals surface area (Å²) in [7, 11) is 0. The molecule has 2 aliphatic rings. The Hall–Kier alpha value is -0.850. The van der Waals surface area contributed by atoms with Gasteiger partial charge in [0.05, 0.1) is 6.61 Å². The molecule has 128 valence electrons. The SMILES string of the molecule is CC(C)(C)OC(=O)N1CCCC(CNCC2(O)CCOC2)C1. The number of likely N-dealkylation sites (tertiary alicyclic amines) is 1. The van der Waals surface area contributed by atoms with Crippen LogP contribution < -0.4 is 5.32 Å². The number of ether oxygens (including phenoxy) is 2. The zero-order valence-electron chi connectivity index (χ0n) is 14.1. The van der Waals surface area contributed by atoms with Crippen LogP contribution >= 0.6 is 0 Å². The molecule has 2 fully saturated rings. The standard InChI is InChI=1S/C16H30N2O4/c1-15(2,3)22-14(19)18-7-4-5-13(10-18)9-17-11-16(20)6-8-21-12-16/h13,17,20H,4-12H2,1-3H3. The molecule has 6 heteroatoms. The summed E-state index contributed by atoms with van der Waals surface area (Å²) in [6, 6.07) is 0. The fraction of sp³-hybridized carbons (Fsp3) is 0.938. The minimum absolute atomic E-state index is 0.222. The number of nitrogens with zero attached hydrogens (tertiary/aromatic N) is 1. The maximum atomic E-state index is 12.1. The predicted octanol–water partition coefficient (Wildman–Crippen LogP) is 1.37. The van der Waals surface area contributed by atoms with Crippen molar-refractivity contribution in [3.8, 4) is 0 Å². The first-order valence-corrected chi connectivity index (χ1v) is 8.26. The molecule has 2 atom stereocenters. The van der Waals surface area contributed by atoms with E-state index in [9.17, 15) is 9.90 Å². The summed E-state index contributed by atoms with van der Waals surface area (Å²) in [4.78, 5) is 13.9. The van der Waals surface area contributed by atoms with Crippen molar-refractivity contribution in [2.24, 2.45) is 5.92 Å². The Morgan fingerprint density at radius 1 is 1.50 bits per heavy atom. The summed E-state index contributed by atoms with van der Waals surface area (Å²) in [5.41, 5.74) is -1.17. The van der Waals surface area contributed by atoms with Gasteiger partial charge in [0, 0.05) is 32.7 Å². The van der Waals surface area contributed by atoms with Crippen molar-refractivity contribution in [1.82, 2.24) is 10.2 Å². The van der Waals surface area contributed by atoms with E-state index in [0.717, 1.165) is 32.5 Å². The van der Waals surface area contributed by atoms with Crippen LogP contribution in [0.3, 0.4) is 0 Å². The zero-order chi connectivity index (χ0) is 16.2. The maximum Gasteiger partial charge on any atom is 0.410 e. The number of carbonyl (C=O) groups excluding carboxylic acids is 1. The second kappa shape index (κ2) is 7.15. The van der Waals surface area contributed by atoms with Crippen LogP contribution in [0.25, 0.3) is 0 Å². The van der Waals surface area contributed by atoms with Gasteiger partial charge in [-0.2, -0.15) is 0 Å². The molecule has 2 unspecified atom stereocenters. The molecule has 2 rings (SSSR count). The molecule has 0 aromatic rings. The van der Waals surface area contributed by atoms with Gasteiger partial charge in [-0.1, -0.05) is 0 Å². The first-order chi connectivity index (χ1) is 10.3. The van der Waals surface area contributed by atoms with Gasteiger partial charge in [-0.15, -0.1) is 0 Å². The van der Waals surface area contributed by atoms with Crippen LogP contribution in [0.1, 0.15) is 40.0 Å². The van der Waals surface area contributed by atoms with Crippen LogP contribution in [-0.2, 0) is 9.47 Å². The summed E-state index contributed by atoms with van der Waals surface area (Å²) < 4.78 is 10.7. The highest BCUT2D eigenvalue weighted by atomic mass is 16.6. The third-order valence-corrected chi connectivity index (χ3v) is 4.14. The lowest BCUT2D eigenvalue weighted by Gasteiger charge is -2.34. The van der Waals surface area contributed by atoms with Gasteiger partial charge in [0.1, 0.15) is 11.2 Å². The number of hydrogen-bond acceptors (Lipinski definition) is 5. The molecule has 0 aromatic heterocycles. The molecule has 0 saturated carbocycles. The molecule has 6 nitrogen and oxygen atoms in total. The predicted molar refractivity (Wildman–Crippen MR) is 83.8 cm³/mol. The summed E-state index contributed by atoms with van der Waals surface area (Å²) >= 11 is 0. The maximum absolute atomic E-state index is 12.1. The summed E-state index contributed by atoms with van der Waals surface area (Å²) in [6.07, 6.45) is 2.56. The van der Waals surface area contributed by atoms with Crippen molar-refractivity contribution in [1.29, 1.82) is 0 Å². The van der Waals surface area contributed by atoms with E-state index < -0.39 is 11.2 Å². The second-order valence-electron chi connectivity index (χ2n) is 7.59. The smallest absolute Gasteiger partial charge is 0.410 e. The van der Waals surface area contributed by atoms with Gasteiger partial charge in [-0.25, -0.2) is 4.79 Å². The molecule has 0 aliphatic carbocycles. The van der Waals surface area contributed by atoms with Crippen LogP contribution in [0.5, 0.6) is 0 Å². The topological polar surface area (TPSA) is 71.0 Å². The Labute approximate surface area is 133 Å². The molecule has 0 radical (unpaired) electrons. The lowest BCUT2D eigenvalue weighted by atomic mass is 9.97. The van der Waals surface area contributed by atoms with Crippen LogP contribution in [0.4, 0.5) is 4.79 Å². The van der Waals surface area contributed by atoms with Crippen LogP contribution in [0.15, 0.2) is 0 Å². The van der Waals surface area contributed by atoms with Crippen LogP contribution in [0, 0.1) is 5.92 Å². The normalized spacial score (nSPS) is 29.6. The molecule has 22 heavy (non-hydrogen) atoms. The molecule has 0 aromatic carbocycles.